The van der Waals surface area contributed by atoms with Crippen molar-refractivity contribution in [3.8, 4) is 11.3 Å². The van der Waals surface area contributed by atoms with Crippen LogP contribution in [0.1, 0.15) is 25.7 Å². The molecule has 1 aliphatic carbocycles. The summed E-state index contributed by atoms with van der Waals surface area (Å²) in [5.41, 5.74) is 1.14. The van der Waals surface area contributed by atoms with E-state index < -0.39 is 0 Å². The first-order valence-electron chi connectivity index (χ1n) is 11.8. The molecule has 1 saturated carbocycles. The van der Waals surface area contributed by atoms with Gasteiger partial charge < -0.3 is 15.0 Å². The molecule has 6 rings (SSSR count). The van der Waals surface area contributed by atoms with Crippen molar-refractivity contribution in [2.45, 2.75) is 31.7 Å². The number of rotatable bonds is 5. The zero-order valence-corrected chi connectivity index (χ0v) is 19.0. The second kappa shape index (κ2) is 8.69. The molecule has 4 heterocycles. The van der Waals surface area contributed by atoms with Gasteiger partial charge in [-0.05, 0) is 67.0 Å². The van der Waals surface area contributed by atoms with Crippen molar-refractivity contribution in [1.82, 2.24) is 15.1 Å². The highest BCUT2D eigenvalue weighted by Gasteiger charge is 2.41. The lowest BCUT2D eigenvalue weighted by atomic mass is 10.00. The average molecular weight is 453 g/mol. The lowest BCUT2D eigenvalue weighted by Gasteiger charge is -2.27. The Bertz CT molecular complexity index is 1080. The number of aromatic nitrogens is 2. The van der Waals surface area contributed by atoms with Crippen molar-refractivity contribution < 1.29 is 9.13 Å². The topological polar surface area (TPSA) is 50.3 Å². The minimum atomic E-state index is -0.258. The average Bonchev–Trinajstić information content (AvgIpc) is 3.51. The van der Waals surface area contributed by atoms with Crippen molar-refractivity contribution >= 4 is 27.2 Å². The van der Waals surface area contributed by atoms with E-state index in [0.29, 0.717) is 17.3 Å². The molecule has 0 amide bonds. The summed E-state index contributed by atoms with van der Waals surface area (Å²) in [6, 6.07) is 9.31. The highest BCUT2D eigenvalue weighted by Crippen LogP contribution is 2.41. The molecule has 3 fully saturated rings. The number of ether oxygens (including phenoxy) is 1. The van der Waals surface area contributed by atoms with Crippen LogP contribution >= 0.6 is 11.3 Å². The lowest BCUT2D eigenvalue weighted by molar-refractivity contribution is 0.0545. The molecule has 7 heteroatoms. The molecule has 0 spiro atoms. The number of hydrogen-bond donors (Lipinski definition) is 1. The van der Waals surface area contributed by atoms with Gasteiger partial charge in [-0.25, -0.2) is 4.39 Å². The Labute approximate surface area is 192 Å². The Kier molecular flexibility index (Phi) is 5.57. The predicted octanol–water partition coefficient (Wildman–Crippen LogP) is 5.05. The van der Waals surface area contributed by atoms with Gasteiger partial charge in [0.15, 0.2) is 5.82 Å². The molecule has 2 unspecified atom stereocenters. The SMILES string of the molecule is Fc1ccccc1-c1nnc(NC2CC3CN(CC4CCOCC4)C[C@H]3C2)c2ccsc12. The van der Waals surface area contributed by atoms with Crippen LogP contribution in [-0.4, -0.2) is 54.0 Å². The molecule has 32 heavy (non-hydrogen) atoms. The number of thiophene rings is 1. The van der Waals surface area contributed by atoms with E-state index in [0.717, 1.165) is 46.9 Å². The molecule has 2 saturated heterocycles. The Morgan fingerprint density at radius 3 is 2.62 bits per heavy atom. The van der Waals surface area contributed by atoms with E-state index >= 15 is 0 Å². The van der Waals surface area contributed by atoms with Crippen LogP contribution in [0.5, 0.6) is 0 Å². The van der Waals surface area contributed by atoms with E-state index in [1.807, 2.05) is 11.4 Å². The van der Waals surface area contributed by atoms with Crippen LogP contribution in [0.3, 0.4) is 0 Å². The van der Waals surface area contributed by atoms with Crippen molar-refractivity contribution in [3.63, 3.8) is 0 Å². The van der Waals surface area contributed by atoms with Crippen LogP contribution in [0, 0.1) is 23.6 Å². The van der Waals surface area contributed by atoms with Crippen molar-refractivity contribution in [2.24, 2.45) is 17.8 Å². The minimum absolute atomic E-state index is 0.258. The molecule has 3 atom stereocenters. The molecule has 3 aromatic rings. The Morgan fingerprint density at radius 1 is 1.06 bits per heavy atom. The van der Waals surface area contributed by atoms with Gasteiger partial charge in [-0.2, -0.15) is 0 Å². The summed E-state index contributed by atoms with van der Waals surface area (Å²) in [5.74, 6) is 2.94. The number of hydrogen-bond acceptors (Lipinski definition) is 6. The fourth-order valence-electron chi connectivity index (χ4n) is 5.97. The van der Waals surface area contributed by atoms with E-state index in [1.54, 1.807) is 23.5 Å². The van der Waals surface area contributed by atoms with Crippen LogP contribution in [0.25, 0.3) is 21.3 Å². The summed E-state index contributed by atoms with van der Waals surface area (Å²) in [6.45, 7) is 5.57. The molecule has 168 valence electrons. The second-order valence-corrected chi connectivity index (χ2v) is 10.6. The normalized spacial score (nSPS) is 26.6. The van der Waals surface area contributed by atoms with Crippen LogP contribution in [-0.2, 0) is 4.74 Å². The van der Waals surface area contributed by atoms with Gasteiger partial charge in [0, 0.05) is 49.8 Å². The van der Waals surface area contributed by atoms with Crippen LogP contribution in [0.15, 0.2) is 35.7 Å². The summed E-state index contributed by atoms with van der Waals surface area (Å²) in [7, 11) is 0. The second-order valence-electron chi connectivity index (χ2n) is 9.65. The number of anilines is 1. The molecule has 0 radical (unpaired) electrons. The molecular weight excluding hydrogens is 423 g/mol. The Hall–Kier alpha value is -2.09. The highest BCUT2D eigenvalue weighted by atomic mass is 32.1. The fourth-order valence-corrected chi connectivity index (χ4v) is 6.86. The molecule has 5 nitrogen and oxygen atoms in total. The molecule has 1 aromatic carbocycles. The molecule has 2 aliphatic heterocycles. The van der Waals surface area contributed by atoms with Gasteiger partial charge in [-0.1, -0.05) is 12.1 Å². The van der Waals surface area contributed by atoms with E-state index in [9.17, 15) is 4.39 Å². The minimum Gasteiger partial charge on any atom is -0.381 e. The summed E-state index contributed by atoms with van der Waals surface area (Å²) in [6.07, 6.45) is 4.82. The maximum absolute atomic E-state index is 14.4. The maximum atomic E-state index is 14.4. The maximum Gasteiger partial charge on any atom is 0.157 e. The molecule has 1 N–H and O–H groups in total. The lowest BCUT2D eigenvalue weighted by Crippen LogP contribution is -2.32. The van der Waals surface area contributed by atoms with Crippen molar-refractivity contribution in [2.75, 3.05) is 38.2 Å². The number of halogens is 1. The first-order chi connectivity index (χ1) is 15.7. The van der Waals surface area contributed by atoms with Gasteiger partial charge >= 0.3 is 0 Å². The third-order valence-electron chi connectivity index (χ3n) is 7.54. The molecule has 0 bridgehead atoms. The van der Waals surface area contributed by atoms with Crippen molar-refractivity contribution in [1.29, 1.82) is 0 Å². The van der Waals surface area contributed by atoms with E-state index in [-0.39, 0.29) is 5.82 Å². The van der Waals surface area contributed by atoms with Crippen molar-refractivity contribution in [3.05, 3.63) is 41.5 Å². The van der Waals surface area contributed by atoms with Gasteiger partial charge in [0.25, 0.3) is 0 Å². The molecule has 2 aromatic heterocycles. The van der Waals surface area contributed by atoms with Gasteiger partial charge in [-0.15, -0.1) is 21.5 Å². The quantitative estimate of drug-likeness (QED) is 0.587. The standard InChI is InChI=1S/C25H29FN4OS/c26-22-4-2-1-3-20(22)23-24-21(7-10-32-24)25(29-28-23)27-19-11-17-14-30(15-18(17)12-19)13-16-5-8-31-9-6-16/h1-4,7,10,16-19H,5-6,8-9,11-15H2,(H,27,29)/t17-,18?,19?/m1/s1. The van der Waals surface area contributed by atoms with E-state index in [2.05, 4.69) is 26.5 Å². The third-order valence-corrected chi connectivity index (χ3v) is 8.46. The smallest absolute Gasteiger partial charge is 0.157 e. The van der Waals surface area contributed by atoms with Crippen LogP contribution < -0.4 is 5.32 Å². The zero-order chi connectivity index (χ0) is 21.5. The van der Waals surface area contributed by atoms with E-state index in [1.165, 1.54) is 51.4 Å². The molecule has 3 aliphatic rings. The number of nitrogens with one attached hydrogen (secondary N) is 1. The summed E-state index contributed by atoms with van der Waals surface area (Å²) >= 11 is 1.60. The van der Waals surface area contributed by atoms with Crippen LogP contribution in [0.2, 0.25) is 0 Å². The summed E-state index contributed by atoms with van der Waals surface area (Å²) in [5, 5.41) is 15.7. The first-order valence-corrected chi connectivity index (χ1v) is 12.7. The monoisotopic (exact) mass is 452 g/mol. The van der Waals surface area contributed by atoms with Crippen LogP contribution in [0.4, 0.5) is 10.2 Å². The number of fused-ring (bicyclic) bond motifs is 2. The van der Waals surface area contributed by atoms with E-state index in [4.69, 9.17) is 4.74 Å². The van der Waals surface area contributed by atoms with Gasteiger partial charge in [0.05, 0.1) is 4.70 Å². The Balaban J connectivity index is 1.13. The summed E-state index contributed by atoms with van der Waals surface area (Å²) in [4.78, 5) is 2.70. The zero-order valence-electron chi connectivity index (χ0n) is 18.2. The van der Waals surface area contributed by atoms with Gasteiger partial charge in [-0.3, -0.25) is 0 Å². The first kappa shape index (κ1) is 20.5. The largest absolute Gasteiger partial charge is 0.381 e. The highest BCUT2D eigenvalue weighted by molar-refractivity contribution is 7.17. The molecular formula is C25H29FN4OS. The number of nitrogens with zero attached hydrogens (tertiary/aromatic N) is 3. The number of likely N-dealkylation sites (tertiary alicyclic amines) is 1. The predicted molar refractivity (Wildman–Crippen MR) is 126 cm³/mol. The Morgan fingerprint density at radius 2 is 1.84 bits per heavy atom. The van der Waals surface area contributed by atoms with Gasteiger partial charge in [0.2, 0.25) is 0 Å². The summed E-state index contributed by atoms with van der Waals surface area (Å²) < 4.78 is 20.9. The third kappa shape index (κ3) is 3.91. The number of benzene rings is 1. The van der Waals surface area contributed by atoms with Gasteiger partial charge in [0.1, 0.15) is 11.5 Å². The fraction of sp³-hybridized carbons (Fsp3) is 0.520.